The molecule has 1 aromatic carbocycles. The normalized spacial score (nSPS) is 11.8. The molecule has 0 aliphatic carbocycles. The van der Waals surface area contributed by atoms with Gasteiger partial charge in [-0.15, -0.1) is 0 Å². The Morgan fingerprint density at radius 1 is 1.28 bits per heavy atom. The minimum Gasteiger partial charge on any atom is -0.356 e. The van der Waals surface area contributed by atoms with Gasteiger partial charge in [0.15, 0.2) is 5.76 Å². The molecule has 3 nitrogen and oxygen atoms in total. The third-order valence-electron chi connectivity index (χ3n) is 2.47. The molecule has 1 aromatic heterocycles. The average Bonchev–Trinajstić information content (AvgIpc) is 2.74. The molecule has 2 aromatic rings. The van der Waals surface area contributed by atoms with Crippen LogP contribution in [0.4, 0.5) is 0 Å². The van der Waals surface area contributed by atoms with Crippen molar-refractivity contribution in [1.29, 1.82) is 0 Å². The monoisotopic (exact) mass is 308 g/mol. The highest BCUT2D eigenvalue weighted by Crippen LogP contribution is 2.23. The lowest BCUT2D eigenvalue weighted by Gasteiger charge is -2.19. The number of rotatable bonds is 3. The molecule has 0 aliphatic heterocycles. The van der Waals surface area contributed by atoms with Crippen LogP contribution in [0.1, 0.15) is 26.5 Å². The summed E-state index contributed by atoms with van der Waals surface area (Å²) in [6, 6.07) is 9.96. The van der Waals surface area contributed by atoms with Gasteiger partial charge in [-0.2, -0.15) is 0 Å². The van der Waals surface area contributed by atoms with Gasteiger partial charge in [-0.05, 0) is 32.9 Å². The number of aromatic nitrogens is 1. The smallest absolute Gasteiger partial charge is 0.167 e. The van der Waals surface area contributed by atoms with Gasteiger partial charge in [0.05, 0.1) is 5.69 Å². The van der Waals surface area contributed by atoms with E-state index in [1.807, 2.05) is 30.3 Å². The fourth-order valence-electron chi connectivity index (χ4n) is 1.53. The Hall–Kier alpha value is -1.13. The van der Waals surface area contributed by atoms with E-state index in [1.165, 1.54) is 0 Å². The van der Waals surface area contributed by atoms with Crippen molar-refractivity contribution >= 4 is 15.9 Å². The molecule has 0 spiro atoms. The maximum absolute atomic E-state index is 5.36. The zero-order valence-electron chi connectivity index (χ0n) is 10.8. The van der Waals surface area contributed by atoms with E-state index < -0.39 is 0 Å². The van der Waals surface area contributed by atoms with Crippen LogP contribution in [0, 0.1) is 0 Å². The first kappa shape index (κ1) is 13.3. The Kier molecular flexibility index (Phi) is 3.88. The Balaban J connectivity index is 2.11. The van der Waals surface area contributed by atoms with Gasteiger partial charge in [-0.3, -0.25) is 0 Å². The largest absolute Gasteiger partial charge is 0.356 e. The average molecular weight is 309 g/mol. The van der Waals surface area contributed by atoms with E-state index in [-0.39, 0.29) is 5.54 Å². The highest BCUT2D eigenvalue weighted by Gasteiger charge is 2.11. The van der Waals surface area contributed by atoms with Crippen molar-refractivity contribution in [2.24, 2.45) is 0 Å². The van der Waals surface area contributed by atoms with Gasteiger partial charge in [0.25, 0.3) is 0 Å². The summed E-state index contributed by atoms with van der Waals surface area (Å²) in [6.45, 7) is 7.09. The summed E-state index contributed by atoms with van der Waals surface area (Å²) in [4.78, 5) is 0. The molecule has 1 heterocycles. The van der Waals surface area contributed by atoms with Crippen LogP contribution in [0.3, 0.4) is 0 Å². The molecule has 1 N–H and O–H groups in total. The van der Waals surface area contributed by atoms with Crippen LogP contribution in [0.15, 0.2) is 39.3 Å². The highest BCUT2D eigenvalue weighted by atomic mass is 79.9. The predicted octanol–water partition coefficient (Wildman–Crippen LogP) is 3.99. The summed E-state index contributed by atoms with van der Waals surface area (Å²) in [5.74, 6) is 0.794. The number of hydrogen-bond donors (Lipinski definition) is 1. The molecule has 0 aliphatic rings. The van der Waals surface area contributed by atoms with Gasteiger partial charge in [0.1, 0.15) is 0 Å². The fraction of sp³-hybridized carbons (Fsp3) is 0.357. The molecule has 0 saturated heterocycles. The third-order valence-corrected chi connectivity index (χ3v) is 2.96. The fourth-order valence-corrected chi connectivity index (χ4v) is 1.93. The van der Waals surface area contributed by atoms with E-state index in [4.69, 9.17) is 4.52 Å². The lowest BCUT2D eigenvalue weighted by Crippen LogP contribution is -2.35. The van der Waals surface area contributed by atoms with Gasteiger partial charge in [-0.1, -0.05) is 33.2 Å². The number of hydrogen-bond acceptors (Lipinski definition) is 3. The van der Waals surface area contributed by atoms with Gasteiger partial charge < -0.3 is 9.84 Å². The van der Waals surface area contributed by atoms with Gasteiger partial charge in [0.2, 0.25) is 0 Å². The van der Waals surface area contributed by atoms with Crippen LogP contribution in [0.5, 0.6) is 0 Å². The molecule has 0 atom stereocenters. The van der Waals surface area contributed by atoms with Crippen LogP contribution in [-0.2, 0) is 6.54 Å². The Labute approximate surface area is 116 Å². The molecular weight excluding hydrogens is 292 g/mol. The van der Waals surface area contributed by atoms with Gasteiger partial charge >= 0.3 is 0 Å². The number of nitrogens with zero attached hydrogens (tertiary/aromatic N) is 1. The van der Waals surface area contributed by atoms with E-state index >= 15 is 0 Å². The van der Waals surface area contributed by atoms with E-state index in [1.54, 1.807) is 0 Å². The minimum atomic E-state index is 0.0783. The topological polar surface area (TPSA) is 38.1 Å². The molecule has 0 amide bonds. The highest BCUT2D eigenvalue weighted by molar-refractivity contribution is 9.10. The summed E-state index contributed by atoms with van der Waals surface area (Å²) in [7, 11) is 0. The molecule has 2 rings (SSSR count). The summed E-state index contributed by atoms with van der Waals surface area (Å²) in [6.07, 6.45) is 0. The quantitative estimate of drug-likeness (QED) is 0.931. The van der Waals surface area contributed by atoms with Crippen LogP contribution in [0.25, 0.3) is 11.3 Å². The van der Waals surface area contributed by atoms with Crippen molar-refractivity contribution in [3.05, 3.63) is 40.5 Å². The first-order valence-electron chi connectivity index (χ1n) is 5.91. The molecular formula is C14H17BrN2O. The van der Waals surface area contributed by atoms with E-state index in [0.717, 1.165) is 21.5 Å². The molecule has 0 unspecified atom stereocenters. The standard InChI is InChI=1S/C14H17BrN2O/c1-14(2,3)16-9-12-8-13(18-17-12)10-5-4-6-11(15)7-10/h4-8,16H,9H2,1-3H3. The van der Waals surface area contributed by atoms with Crippen LogP contribution in [0.2, 0.25) is 0 Å². The summed E-state index contributed by atoms with van der Waals surface area (Å²) < 4.78 is 6.39. The Bertz CT molecular complexity index is 529. The third kappa shape index (κ3) is 3.68. The van der Waals surface area contributed by atoms with Crippen LogP contribution >= 0.6 is 15.9 Å². The van der Waals surface area contributed by atoms with Crippen LogP contribution < -0.4 is 5.32 Å². The predicted molar refractivity (Wildman–Crippen MR) is 76.2 cm³/mol. The molecule has 4 heteroatoms. The first-order chi connectivity index (χ1) is 8.44. The molecule has 0 fully saturated rings. The van der Waals surface area contributed by atoms with Crippen molar-refractivity contribution < 1.29 is 4.52 Å². The SMILES string of the molecule is CC(C)(C)NCc1cc(-c2cccc(Br)c2)on1. The summed E-state index contributed by atoms with van der Waals surface area (Å²) in [5.41, 5.74) is 2.02. The maximum atomic E-state index is 5.36. The lowest BCUT2D eigenvalue weighted by molar-refractivity contribution is 0.392. The van der Waals surface area contributed by atoms with Crippen LogP contribution in [-0.4, -0.2) is 10.7 Å². The molecule has 18 heavy (non-hydrogen) atoms. The number of halogens is 1. The Morgan fingerprint density at radius 2 is 2.06 bits per heavy atom. The first-order valence-corrected chi connectivity index (χ1v) is 6.70. The second kappa shape index (κ2) is 5.24. The van der Waals surface area contributed by atoms with E-state index in [2.05, 4.69) is 47.2 Å². The van der Waals surface area contributed by atoms with Crippen molar-refractivity contribution in [3.8, 4) is 11.3 Å². The summed E-state index contributed by atoms with van der Waals surface area (Å²) >= 11 is 3.45. The Morgan fingerprint density at radius 3 is 2.72 bits per heavy atom. The summed E-state index contributed by atoms with van der Waals surface area (Å²) in [5, 5.41) is 7.46. The maximum Gasteiger partial charge on any atom is 0.167 e. The zero-order valence-corrected chi connectivity index (χ0v) is 12.4. The van der Waals surface area contributed by atoms with Crippen molar-refractivity contribution in [2.75, 3.05) is 0 Å². The van der Waals surface area contributed by atoms with Gasteiger partial charge in [0, 0.05) is 28.2 Å². The number of benzene rings is 1. The second-order valence-corrected chi connectivity index (χ2v) is 6.21. The van der Waals surface area contributed by atoms with Crippen molar-refractivity contribution in [1.82, 2.24) is 10.5 Å². The molecule has 0 bridgehead atoms. The lowest BCUT2D eigenvalue weighted by atomic mass is 10.1. The van der Waals surface area contributed by atoms with E-state index in [0.29, 0.717) is 6.54 Å². The molecule has 0 saturated carbocycles. The van der Waals surface area contributed by atoms with Gasteiger partial charge in [-0.25, -0.2) is 0 Å². The molecule has 0 radical (unpaired) electrons. The molecule has 96 valence electrons. The zero-order chi connectivity index (χ0) is 13.2. The van der Waals surface area contributed by atoms with E-state index in [9.17, 15) is 0 Å². The number of nitrogens with one attached hydrogen (secondary N) is 1. The van der Waals surface area contributed by atoms with Crippen molar-refractivity contribution in [3.63, 3.8) is 0 Å². The van der Waals surface area contributed by atoms with Crippen molar-refractivity contribution in [2.45, 2.75) is 32.9 Å². The minimum absolute atomic E-state index is 0.0783. The second-order valence-electron chi connectivity index (χ2n) is 5.30.